The molecule has 58 heavy (non-hydrogen) atoms. The number of hydrogen-bond donors (Lipinski definition) is 0. The molecule has 0 heterocycles. The fourth-order valence-electron chi connectivity index (χ4n) is 0. The van der Waals surface area contributed by atoms with Gasteiger partial charge in [0.05, 0.1) is 38.4 Å². The van der Waals surface area contributed by atoms with Gasteiger partial charge in [-0.15, -0.1) is 0 Å². The van der Waals surface area contributed by atoms with Gasteiger partial charge in [0.2, 0.25) is 11.8 Å². The van der Waals surface area contributed by atoms with Crippen LogP contribution in [0.15, 0.2) is 0 Å². The van der Waals surface area contributed by atoms with Crippen LogP contribution >= 0.6 is 48.2 Å². The zero-order chi connectivity index (χ0) is 49.5. The fraction of sp³-hybridized carbons (Fsp3) is 0.811. The van der Waals surface area contributed by atoms with E-state index in [9.17, 15) is 28.2 Å². The average Bonchev–Trinajstić information content (AvgIpc) is 3.06. The molecule has 0 radical (unpaired) electrons. The highest BCUT2D eigenvalue weighted by Gasteiger charge is 1.88. The Morgan fingerprint density at radius 1 is 0.517 bits per heavy atom. The zero-order valence-electron chi connectivity index (χ0n) is 41.3. The molecular formula is C37H91N5O11S5. The lowest BCUT2D eigenvalue weighted by atomic mass is 10.6. The molecule has 16 nitrogen and oxygen atoms in total. The first-order valence-electron chi connectivity index (χ1n) is 16.2. The summed E-state index contributed by atoms with van der Waals surface area (Å²) in [4.78, 5) is 59.5. The van der Waals surface area contributed by atoms with Crippen molar-refractivity contribution in [2.75, 3.05) is 145 Å². The maximum Gasteiger partial charge on any atom is 0.302 e. The normalized spacial score (nSPS) is 7.90. The summed E-state index contributed by atoms with van der Waals surface area (Å²) in [5.74, 6) is -0.139. The van der Waals surface area contributed by atoms with E-state index < -0.39 is 11.1 Å². The van der Waals surface area contributed by atoms with E-state index in [2.05, 4.69) is 22.6 Å². The van der Waals surface area contributed by atoms with Crippen LogP contribution < -0.4 is 0 Å². The summed E-state index contributed by atoms with van der Waals surface area (Å²) in [6, 6.07) is 0. The van der Waals surface area contributed by atoms with Gasteiger partial charge in [-0.25, -0.2) is 4.21 Å². The van der Waals surface area contributed by atoms with E-state index >= 15 is 0 Å². The van der Waals surface area contributed by atoms with E-state index in [4.69, 9.17) is 24.4 Å². The molecule has 0 saturated heterocycles. The molecule has 0 aromatic heterocycles. The summed E-state index contributed by atoms with van der Waals surface area (Å²) in [6.07, 6.45) is 7.43. The van der Waals surface area contributed by atoms with Crippen molar-refractivity contribution in [1.29, 1.82) is 0 Å². The number of methoxy groups -OCH3 is 3. The van der Waals surface area contributed by atoms with Gasteiger partial charge in [-0.1, -0.05) is 31.9 Å². The van der Waals surface area contributed by atoms with Crippen LogP contribution in [0.3, 0.4) is 0 Å². The number of esters is 2. The van der Waals surface area contributed by atoms with Gasteiger partial charge in [-0.05, 0) is 73.4 Å². The summed E-state index contributed by atoms with van der Waals surface area (Å²) in [7, 11) is 29.6. The third kappa shape index (κ3) is 344. The second-order valence-electron chi connectivity index (χ2n) is 11.0. The maximum atomic E-state index is 10.1. The molecule has 0 aliphatic carbocycles. The van der Waals surface area contributed by atoms with Gasteiger partial charge in [0, 0.05) is 111 Å². The molecule has 0 saturated carbocycles. The zero-order valence-corrected chi connectivity index (χ0v) is 45.4. The molecular weight excluding hydrogens is 851 g/mol. The summed E-state index contributed by atoms with van der Waals surface area (Å²) < 4.78 is 30.9. The number of nitrogens with zero attached hydrogens (tertiary/aromatic N) is 5. The Morgan fingerprint density at radius 3 is 0.603 bits per heavy atom. The molecule has 1 unspecified atom stereocenters. The minimum Gasteiger partial charge on any atom is -0.469 e. The minimum atomic E-state index is -1.07. The van der Waals surface area contributed by atoms with Crippen LogP contribution in [0.4, 0.5) is 0 Å². The van der Waals surface area contributed by atoms with Crippen molar-refractivity contribution in [2.24, 2.45) is 0 Å². The second-order valence-corrected chi connectivity index (χ2v) is 14.8. The van der Waals surface area contributed by atoms with Crippen LogP contribution in [0, 0.1) is 0 Å². The number of amides is 2. The van der Waals surface area contributed by atoms with Crippen molar-refractivity contribution >= 4 is 98.8 Å². The van der Waals surface area contributed by atoms with Crippen LogP contribution in [0.1, 0.15) is 62.8 Å². The van der Waals surface area contributed by atoms with Crippen molar-refractivity contribution in [3.8, 4) is 0 Å². The van der Waals surface area contributed by atoms with Gasteiger partial charge in [0.15, 0.2) is 11.1 Å². The summed E-state index contributed by atoms with van der Waals surface area (Å²) in [6.45, 7) is 12.6. The monoisotopic (exact) mass is 942 g/mol. The highest BCUT2D eigenvalue weighted by Crippen LogP contribution is 1.84. The Hall–Kier alpha value is -1.98. The first kappa shape index (κ1) is 91.6. The minimum absolute atomic E-state index is 0. The molecule has 0 aromatic carbocycles. The smallest absolute Gasteiger partial charge is 0.302 e. The lowest BCUT2D eigenvalue weighted by Crippen LogP contribution is -2.17. The molecule has 21 heteroatoms. The van der Waals surface area contributed by atoms with Crippen LogP contribution in [0.25, 0.3) is 0 Å². The van der Waals surface area contributed by atoms with Crippen molar-refractivity contribution in [2.45, 2.75) is 62.8 Å². The largest absolute Gasteiger partial charge is 0.469 e. The number of ether oxygens (including phenoxy) is 3. The molecule has 0 aliphatic heterocycles. The first-order valence-corrected chi connectivity index (χ1v) is 21.3. The van der Waals surface area contributed by atoms with Crippen LogP contribution in [-0.2, 0) is 57.6 Å². The quantitative estimate of drug-likeness (QED) is 0.184. The van der Waals surface area contributed by atoms with Crippen LogP contribution in [-0.4, -0.2) is 213 Å². The van der Waals surface area contributed by atoms with Crippen LogP contribution in [0.2, 0.25) is 0 Å². The lowest BCUT2D eigenvalue weighted by Gasteiger charge is -2.06. The molecule has 0 fully saturated rings. The fourth-order valence-corrected chi connectivity index (χ4v) is 0. The lowest BCUT2D eigenvalue weighted by molar-refractivity contribution is -0.138. The molecule has 0 bridgehead atoms. The Bertz CT molecular complexity index is 786. The number of hydrogen-bond acceptors (Lipinski definition) is 16. The van der Waals surface area contributed by atoms with Gasteiger partial charge < -0.3 is 47.7 Å². The highest BCUT2D eigenvalue weighted by molar-refractivity contribution is 7.97. The van der Waals surface area contributed by atoms with Crippen molar-refractivity contribution < 1.29 is 50.8 Å². The standard InChI is InChI=1S/2C4H9NO.2C4H9NS.C3H9N.2C3H6O2.C3H6O.C2H6O2S.C2H6OS.C2H6O.C2H6S.CH4/c4*1-4(6)5(2)3;1-4(2)3;2*1-3(4)5-2;1-3(2)4;1-4-5(2)3;1-3-4-2;2*1-3-2;/h4*1-3H3;1-3H3;2*1-2H3;1-2H3;1-2H3;1-2H3;2*1-2H3;1H4. The summed E-state index contributed by atoms with van der Waals surface area (Å²) >= 11 is 11.5. The second kappa shape index (κ2) is 82.9. The molecule has 1 atom stereocenters. The van der Waals surface area contributed by atoms with E-state index in [0.717, 1.165) is 9.98 Å². The number of carbonyl (C=O) groups excluding carboxylic acids is 5. The molecule has 0 aromatic rings. The number of carbonyl (C=O) groups is 5. The van der Waals surface area contributed by atoms with E-state index in [0.29, 0.717) is 0 Å². The topological polar surface area (TPSA) is 165 Å². The molecule has 0 spiro atoms. The third-order valence-corrected chi connectivity index (χ3v) is 5.03. The number of thioether (sulfide) groups is 1. The maximum absolute atomic E-state index is 10.1. The van der Waals surface area contributed by atoms with E-state index in [1.54, 1.807) is 61.3 Å². The third-order valence-electron chi connectivity index (χ3n) is 3.50. The Kier molecular flexibility index (Phi) is 131. The van der Waals surface area contributed by atoms with E-state index in [-0.39, 0.29) is 37.0 Å². The summed E-state index contributed by atoms with van der Waals surface area (Å²) in [5.41, 5.74) is 0. The number of ketones is 1. The van der Waals surface area contributed by atoms with Crippen LogP contribution in [0.5, 0.6) is 0 Å². The SMILES string of the molecule is C.CC(=O)N(C)C.CC(=O)N(C)C.CC(=S)N(C)C.CC(=S)N(C)C.CC(C)=O.CN(C)C.COC.COC(C)=O.COC(C)=O.COS(C)=O.COSC.CSC. The number of rotatable bonds is 2. The Morgan fingerprint density at radius 2 is 0.603 bits per heavy atom. The predicted molar refractivity (Wildman–Crippen MR) is 265 cm³/mol. The van der Waals surface area contributed by atoms with Gasteiger partial charge in [0.25, 0.3) is 0 Å². The average molecular weight is 942 g/mol. The van der Waals surface area contributed by atoms with E-state index in [1.165, 1.54) is 91.0 Å². The number of Topliss-reactive ketones (excluding diaryl/α,β-unsaturated/α-hetero) is 1. The first-order chi connectivity index (χ1) is 25.6. The van der Waals surface area contributed by atoms with Gasteiger partial charge in [-0.2, -0.15) is 11.8 Å². The predicted octanol–water partition coefficient (Wildman–Crippen LogP) is 5.83. The van der Waals surface area contributed by atoms with Gasteiger partial charge >= 0.3 is 11.9 Å². The molecule has 0 N–H and O–H groups in total. The molecule has 2 amide bonds. The Balaban J connectivity index is -0.0000000348. The Labute approximate surface area is 380 Å². The van der Waals surface area contributed by atoms with E-state index in [1.807, 2.05) is 96.6 Å². The van der Waals surface area contributed by atoms with Crippen molar-refractivity contribution in [3.63, 3.8) is 0 Å². The molecule has 0 aliphatic rings. The number of thiocarbonyl (C=S) groups is 2. The summed E-state index contributed by atoms with van der Waals surface area (Å²) in [5, 5.41) is 0. The molecule has 360 valence electrons. The van der Waals surface area contributed by atoms with Crippen molar-refractivity contribution in [1.82, 2.24) is 24.5 Å². The van der Waals surface area contributed by atoms with Gasteiger partial charge in [-0.3, -0.25) is 23.4 Å². The highest BCUT2D eigenvalue weighted by atomic mass is 32.2. The molecule has 0 rings (SSSR count). The van der Waals surface area contributed by atoms with Gasteiger partial charge in [0.1, 0.15) is 5.78 Å². The van der Waals surface area contributed by atoms with Crippen molar-refractivity contribution in [3.05, 3.63) is 0 Å².